The first-order chi connectivity index (χ1) is 8.54. The Labute approximate surface area is 111 Å². The highest BCUT2D eigenvalue weighted by Gasteiger charge is 2.16. The number of halogens is 1. The Kier molecular flexibility index (Phi) is 5.88. The lowest BCUT2D eigenvalue weighted by atomic mass is 10.2. The molecule has 5 nitrogen and oxygen atoms in total. The van der Waals surface area contributed by atoms with Crippen molar-refractivity contribution in [3.05, 3.63) is 33.3 Å². The van der Waals surface area contributed by atoms with Crippen LogP contribution in [-0.4, -0.2) is 24.6 Å². The average Bonchev–Trinajstić information content (AvgIpc) is 2.34. The Morgan fingerprint density at radius 3 is 2.89 bits per heavy atom. The molecule has 0 saturated heterocycles. The summed E-state index contributed by atoms with van der Waals surface area (Å²) in [6.45, 7) is 6.18. The number of nitrogens with one attached hydrogen (secondary N) is 1. The van der Waals surface area contributed by atoms with Gasteiger partial charge in [-0.15, -0.1) is 0 Å². The molecule has 1 aromatic carbocycles. The van der Waals surface area contributed by atoms with Gasteiger partial charge in [0.25, 0.3) is 0 Å². The number of ether oxygens (including phenoxy) is 1. The van der Waals surface area contributed by atoms with Gasteiger partial charge < -0.3 is 10.1 Å². The fourth-order valence-electron chi connectivity index (χ4n) is 1.44. The van der Waals surface area contributed by atoms with E-state index in [0.717, 1.165) is 13.1 Å². The van der Waals surface area contributed by atoms with Crippen molar-refractivity contribution in [3.8, 4) is 5.75 Å². The monoisotopic (exact) mass is 272 g/mol. The van der Waals surface area contributed by atoms with Gasteiger partial charge in [-0.1, -0.05) is 25.4 Å². The van der Waals surface area contributed by atoms with E-state index in [4.69, 9.17) is 16.3 Å². The van der Waals surface area contributed by atoms with Crippen molar-refractivity contribution in [3.63, 3.8) is 0 Å². The second kappa shape index (κ2) is 7.18. The summed E-state index contributed by atoms with van der Waals surface area (Å²) in [5.41, 5.74) is -0.0989. The molecule has 0 amide bonds. The van der Waals surface area contributed by atoms with Crippen molar-refractivity contribution in [1.29, 1.82) is 0 Å². The van der Waals surface area contributed by atoms with Crippen LogP contribution in [0.4, 0.5) is 5.69 Å². The number of nitrogens with zero attached hydrogens (tertiary/aromatic N) is 1. The van der Waals surface area contributed by atoms with Gasteiger partial charge in [-0.3, -0.25) is 10.1 Å². The van der Waals surface area contributed by atoms with Crippen molar-refractivity contribution < 1.29 is 9.66 Å². The number of hydrogen-bond donors (Lipinski definition) is 1. The van der Waals surface area contributed by atoms with E-state index in [2.05, 4.69) is 5.32 Å². The quantitative estimate of drug-likeness (QED) is 0.612. The molecule has 1 N–H and O–H groups in total. The van der Waals surface area contributed by atoms with Gasteiger partial charge in [0.2, 0.25) is 0 Å². The molecule has 1 unspecified atom stereocenters. The maximum atomic E-state index is 10.8. The van der Waals surface area contributed by atoms with Crippen LogP contribution in [0.2, 0.25) is 5.02 Å². The Bertz CT molecular complexity index is 412. The van der Waals surface area contributed by atoms with E-state index in [1.807, 2.05) is 13.8 Å². The molecule has 0 aliphatic heterocycles. The number of nitro benzene ring substituents is 1. The van der Waals surface area contributed by atoms with Crippen molar-refractivity contribution in [2.75, 3.05) is 19.7 Å². The van der Waals surface area contributed by atoms with Gasteiger partial charge >= 0.3 is 5.69 Å². The summed E-state index contributed by atoms with van der Waals surface area (Å²) in [5, 5.41) is 14.4. The van der Waals surface area contributed by atoms with Gasteiger partial charge in [-0.05, 0) is 18.7 Å². The molecule has 0 radical (unpaired) electrons. The van der Waals surface area contributed by atoms with E-state index in [1.165, 1.54) is 12.1 Å². The number of nitro groups is 1. The lowest BCUT2D eigenvalue weighted by molar-refractivity contribution is -0.385. The van der Waals surface area contributed by atoms with E-state index in [9.17, 15) is 10.1 Å². The fraction of sp³-hybridized carbons (Fsp3) is 0.500. The van der Waals surface area contributed by atoms with Crippen molar-refractivity contribution in [2.45, 2.75) is 13.8 Å². The zero-order valence-corrected chi connectivity index (χ0v) is 11.2. The Hall–Kier alpha value is -1.33. The molecule has 100 valence electrons. The van der Waals surface area contributed by atoms with Crippen LogP contribution in [0.3, 0.4) is 0 Å². The first kappa shape index (κ1) is 14.7. The zero-order valence-electron chi connectivity index (χ0n) is 10.5. The summed E-state index contributed by atoms with van der Waals surface area (Å²) in [4.78, 5) is 10.4. The summed E-state index contributed by atoms with van der Waals surface area (Å²) in [5.74, 6) is 0.535. The molecule has 1 atom stereocenters. The first-order valence-corrected chi connectivity index (χ1v) is 6.19. The third-order valence-electron chi connectivity index (χ3n) is 2.38. The Morgan fingerprint density at radius 2 is 2.28 bits per heavy atom. The van der Waals surface area contributed by atoms with E-state index >= 15 is 0 Å². The third kappa shape index (κ3) is 4.50. The highest BCUT2D eigenvalue weighted by atomic mass is 35.5. The molecular weight excluding hydrogens is 256 g/mol. The highest BCUT2D eigenvalue weighted by Crippen LogP contribution is 2.30. The van der Waals surface area contributed by atoms with Crippen LogP contribution in [0.15, 0.2) is 18.2 Å². The van der Waals surface area contributed by atoms with Crippen LogP contribution >= 0.6 is 11.6 Å². The lowest BCUT2D eigenvalue weighted by Crippen LogP contribution is -2.24. The molecule has 0 aliphatic rings. The minimum absolute atomic E-state index is 0.0989. The molecular formula is C12H17ClN2O3. The van der Waals surface area contributed by atoms with Crippen LogP contribution in [0.25, 0.3) is 0 Å². The molecule has 0 bridgehead atoms. The first-order valence-electron chi connectivity index (χ1n) is 5.82. The minimum atomic E-state index is -0.490. The van der Waals surface area contributed by atoms with E-state index in [1.54, 1.807) is 6.07 Å². The summed E-state index contributed by atoms with van der Waals surface area (Å²) in [6, 6.07) is 4.41. The van der Waals surface area contributed by atoms with Crippen molar-refractivity contribution in [1.82, 2.24) is 5.32 Å². The number of rotatable bonds is 7. The molecule has 6 heteroatoms. The Morgan fingerprint density at radius 1 is 1.56 bits per heavy atom. The van der Waals surface area contributed by atoms with E-state index in [0.29, 0.717) is 11.6 Å². The standard InChI is InChI=1S/C12H17ClN2O3/c1-3-14-7-9(2)8-18-12-5-4-10(13)6-11(12)15(16)17/h4-6,9,14H,3,7-8H2,1-2H3. The summed E-state index contributed by atoms with van der Waals surface area (Å²) >= 11 is 5.72. The predicted molar refractivity (Wildman–Crippen MR) is 71.3 cm³/mol. The van der Waals surface area contributed by atoms with E-state index < -0.39 is 4.92 Å². The topological polar surface area (TPSA) is 64.4 Å². The summed E-state index contributed by atoms with van der Waals surface area (Å²) < 4.78 is 5.47. The predicted octanol–water partition coefficient (Wildman–Crippen LogP) is 2.87. The van der Waals surface area contributed by atoms with Gasteiger partial charge in [0.15, 0.2) is 5.75 Å². The number of hydrogen-bond acceptors (Lipinski definition) is 4. The molecule has 0 aliphatic carbocycles. The molecule has 1 aromatic rings. The second-order valence-corrected chi connectivity index (χ2v) is 4.53. The SMILES string of the molecule is CCNCC(C)COc1ccc(Cl)cc1[N+](=O)[O-]. The molecule has 0 aromatic heterocycles. The van der Waals surface area contributed by atoms with Crippen LogP contribution in [0.5, 0.6) is 5.75 Å². The normalized spacial score (nSPS) is 12.2. The lowest BCUT2D eigenvalue weighted by Gasteiger charge is -2.13. The van der Waals surface area contributed by atoms with Crippen molar-refractivity contribution in [2.24, 2.45) is 5.92 Å². The average molecular weight is 273 g/mol. The molecule has 0 fully saturated rings. The third-order valence-corrected chi connectivity index (χ3v) is 2.62. The van der Waals surface area contributed by atoms with Crippen LogP contribution in [-0.2, 0) is 0 Å². The zero-order chi connectivity index (χ0) is 13.5. The number of benzene rings is 1. The summed E-state index contributed by atoms with van der Waals surface area (Å²) in [6.07, 6.45) is 0. The van der Waals surface area contributed by atoms with Gasteiger partial charge in [0, 0.05) is 23.6 Å². The van der Waals surface area contributed by atoms with Gasteiger partial charge in [-0.2, -0.15) is 0 Å². The smallest absolute Gasteiger partial charge is 0.312 e. The molecule has 0 heterocycles. The van der Waals surface area contributed by atoms with Crippen molar-refractivity contribution >= 4 is 17.3 Å². The molecule has 0 saturated carbocycles. The fourth-order valence-corrected chi connectivity index (χ4v) is 1.60. The molecule has 18 heavy (non-hydrogen) atoms. The van der Waals surface area contributed by atoms with Crippen LogP contribution < -0.4 is 10.1 Å². The van der Waals surface area contributed by atoms with Gasteiger partial charge in [-0.25, -0.2) is 0 Å². The maximum absolute atomic E-state index is 10.8. The van der Waals surface area contributed by atoms with E-state index in [-0.39, 0.29) is 17.4 Å². The highest BCUT2D eigenvalue weighted by molar-refractivity contribution is 6.30. The molecule has 1 rings (SSSR count). The maximum Gasteiger partial charge on any atom is 0.312 e. The van der Waals surface area contributed by atoms with Crippen LogP contribution in [0, 0.1) is 16.0 Å². The van der Waals surface area contributed by atoms with Crippen LogP contribution in [0.1, 0.15) is 13.8 Å². The van der Waals surface area contributed by atoms with Gasteiger partial charge in [0.1, 0.15) is 0 Å². The molecule has 0 spiro atoms. The summed E-state index contributed by atoms with van der Waals surface area (Å²) in [7, 11) is 0. The van der Waals surface area contributed by atoms with Gasteiger partial charge in [0.05, 0.1) is 11.5 Å². The largest absolute Gasteiger partial charge is 0.486 e. The second-order valence-electron chi connectivity index (χ2n) is 4.09. The Balaban J connectivity index is 2.64. The minimum Gasteiger partial charge on any atom is -0.486 e.